The zero-order chi connectivity index (χ0) is 21.6. The maximum atomic E-state index is 12.8. The zero-order valence-corrected chi connectivity index (χ0v) is 17.3. The van der Waals surface area contributed by atoms with Crippen molar-refractivity contribution in [3.05, 3.63) is 59.2 Å². The maximum Gasteiger partial charge on any atom is 0.252 e. The highest BCUT2D eigenvalue weighted by molar-refractivity contribution is 5.97. The fraction of sp³-hybridized carbons (Fsp3) is 0.375. The molecule has 6 nitrogen and oxygen atoms in total. The molecule has 0 unspecified atom stereocenters. The van der Waals surface area contributed by atoms with Crippen LogP contribution in [0.4, 0.5) is 0 Å². The van der Waals surface area contributed by atoms with Gasteiger partial charge in [-0.15, -0.1) is 0 Å². The molecule has 0 bridgehead atoms. The Labute approximate surface area is 176 Å². The molecule has 1 radical (unpaired) electrons. The molecule has 0 aromatic heterocycles. The van der Waals surface area contributed by atoms with Crippen molar-refractivity contribution in [1.29, 1.82) is 0 Å². The van der Waals surface area contributed by atoms with Gasteiger partial charge in [0.1, 0.15) is 11.3 Å². The molecular formula is C24H26NO5. The minimum absolute atomic E-state index is 0.101. The van der Waals surface area contributed by atoms with E-state index in [4.69, 9.17) is 9.47 Å². The molecule has 1 aliphatic rings. The molecule has 0 spiro atoms. The number of hydrogen-bond donors (Lipinski definition) is 1. The Hall–Kier alpha value is -3.15. The second-order valence-electron chi connectivity index (χ2n) is 7.63. The highest BCUT2D eigenvalue weighted by atomic mass is 16.5. The summed E-state index contributed by atoms with van der Waals surface area (Å²) < 4.78 is 11.2. The van der Waals surface area contributed by atoms with Crippen molar-refractivity contribution in [2.24, 2.45) is 0 Å². The van der Waals surface area contributed by atoms with Crippen LogP contribution >= 0.6 is 0 Å². The van der Waals surface area contributed by atoms with E-state index in [0.29, 0.717) is 23.7 Å². The molecule has 0 saturated heterocycles. The monoisotopic (exact) mass is 408 g/mol. The molecule has 1 fully saturated rings. The van der Waals surface area contributed by atoms with Crippen LogP contribution in [0.1, 0.15) is 47.2 Å². The van der Waals surface area contributed by atoms with Gasteiger partial charge in [0.05, 0.1) is 13.7 Å². The fourth-order valence-corrected chi connectivity index (χ4v) is 3.57. The minimum Gasteiger partial charge on any atom is -0.493 e. The molecule has 1 saturated carbocycles. The number of methoxy groups -OCH3 is 1. The van der Waals surface area contributed by atoms with E-state index >= 15 is 0 Å². The van der Waals surface area contributed by atoms with Crippen molar-refractivity contribution in [3.63, 3.8) is 0 Å². The number of ketones is 1. The Morgan fingerprint density at radius 3 is 2.57 bits per heavy atom. The van der Waals surface area contributed by atoms with Crippen LogP contribution in [-0.4, -0.2) is 37.2 Å². The van der Waals surface area contributed by atoms with E-state index in [-0.39, 0.29) is 31.5 Å². The Bertz CT molecular complexity index is 927. The Morgan fingerprint density at radius 2 is 1.90 bits per heavy atom. The number of benzene rings is 2. The third kappa shape index (κ3) is 5.26. The van der Waals surface area contributed by atoms with Gasteiger partial charge in [0, 0.05) is 24.8 Å². The molecule has 2 aromatic rings. The number of nitrogens with one attached hydrogen (secondary N) is 1. The van der Waals surface area contributed by atoms with Gasteiger partial charge in [-0.05, 0) is 43.5 Å². The zero-order valence-electron chi connectivity index (χ0n) is 17.3. The second-order valence-corrected chi connectivity index (χ2v) is 7.63. The standard InChI is InChI=1S/C24H26NO5/c1-17-4-3-5-18(14-17)10-13-30-22-15-19(6-7-21(22)29-2)23(28)25-24(16-26)11-8-20(27)9-12-24/h3-7,14-15H,8-13H2,1-2H3,(H,25,28). The van der Waals surface area contributed by atoms with Gasteiger partial charge < -0.3 is 14.8 Å². The smallest absolute Gasteiger partial charge is 0.252 e. The predicted octanol–water partition coefficient (Wildman–Crippen LogP) is 3.35. The summed E-state index contributed by atoms with van der Waals surface area (Å²) in [6.07, 6.45) is 3.75. The molecule has 3 rings (SSSR count). The number of amides is 1. The van der Waals surface area contributed by atoms with E-state index in [1.807, 2.05) is 31.4 Å². The number of ether oxygens (including phenoxy) is 2. The third-order valence-corrected chi connectivity index (χ3v) is 5.37. The summed E-state index contributed by atoms with van der Waals surface area (Å²) in [5, 5.41) is 2.76. The molecule has 6 heteroatoms. The average molecular weight is 408 g/mol. The van der Waals surface area contributed by atoms with Crippen molar-refractivity contribution < 1.29 is 23.9 Å². The van der Waals surface area contributed by atoms with Crippen molar-refractivity contribution in [2.45, 2.75) is 44.6 Å². The van der Waals surface area contributed by atoms with Gasteiger partial charge in [0.25, 0.3) is 5.91 Å². The van der Waals surface area contributed by atoms with Gasteiger partial charge in [0.2, 0.25) is 6.29 Å². The molecule has 1 aliphatic carbocycles. The van der Waals surface area contributed by atoms with E-state index in [0.717, 1.165) is 12.0 Å². The van der Waals surface area contributed by atoms with E-state index in [2.05, 4.69) is 11.4 Å². The molecule has 0 atom stereocenters. The average Bonchev–Trinajstić information content (AvgIpc) is 2.75. The van der Waals surface area contributed by atoms with E-state index in [9.17, 15) is 14.4 Å². The van der Waals surface area contributed by atoms with Crippen LogP contribution in [0.2, 0.25) is 0 Å². The van der Waals surface area contributed by atoms with Crippen molar-refractivity contribution in [2.75, 3.05) is 13.7 Å². The lowest BCUT2D eigenvalue weighted by atomic mass is 9.82. The Kier molecular flexibility index (Phi) is 6.87. The van der Waals surface area contributed by atoms with Gasteiger partial charge >= 0.3 is 0 Å². The van der Waals surface area contributed by atoms with Crippen LogP contribution in [0, 0.1) is 6.92 Å². The lowest BCUT2D eigenvalue weighted by molar-refractivity contribution is -0.121. The van der Waals surface area contributed by atoms with Gasteiger partial charge in [-0.1, -0.05) is 29.8 Å². The first-order valence-corrected chi connectivity index (χ1v) is 10.0. The highest BCUT2D eigenvalue weighted by Crippen LogP contribution is 2.29. The fourth-order valence-electron chi connectivity index (χ4n) is 3.57. The summed E-state index contributed by atoms with van der Waals surface area (Å²) in [4.78, 5) is 35.8. The molecule has 30 heavy (non-hydrogen) atoms. The van der Waals surface area contributed by atoms with Crippen LogP contribution in [0.5, 0.6) is 11.5 Å². The van der Waals surface area contributed by atoms with Crippen molar-refractivity contribution in [1.82, 2.24) is 5.32 Å². The van der Waals surface area contributed by atoms with Gasteiger partial charge in [-0.25, -0.2) is 0 Å². The predicted molar refractivity (Wildman–Crippen MR) is 113 cm³/mol. The number of rotatable bonds is 8. The normalized spacial score (nSPS) is 15.3. The molecule has 2 aromatic carbocycles. The molecule has 0 aliphatic heterocycles. The largest absolute Gasteiger partial charge is 0.493 e. The summed E-state index contributed by atoms with van der Waals surface area (Å²) in [5.41, 5.74) is 1.59. The number of carbonyl (C=O) groups is 2. The van der Waals surface area contributed by atoms with E-state index < -0.39 is 11.4 Å². The first kappa shape index (κ1) is 21.6. The van der Waals surface area contributed by atoms with Crippen molar-refractivity contribution >= 4 is 18.0 Å². The number of Topliss-reactive ketones (excluding diaryl/α,β-unsaturated/α-hetero) is 1. The number of hydrogen-bond acceptors (Lipinski definition) is 5. The summed E-state index contributed by atoms with van der Waals surface area (Å²) in [7, 11) is 1.54. The Morgan fingerprint density at radius 1 is 1.13 bits per heavy atom. The van der Waals surface area contributed by atoms with Crippen LogP contribution in [0.3, 0.4) is 0 Å². The summed E-state index contributed by atoms with van der Waals surface area (Å²) >= 11 is 0. The number of carbonyl (C=O) groups excluding carboxylic acids is 3. The van der Waals surface area contributed by atoms with Gasteiger partial charge in [-0.3, -0.25) is 14.4 Å². The minimum atomic E-state index is -1.11. The lowest BCUT2D eigenvalue weighted by Crippen LogP contribution is -2.52. The first-order chi connectivity index (χ1) is 14.4. The maximum absolute atomic E-state index is 12.8. The van der Waals surface area contributed by atoms with Gasteiger partial charge in [-0.2, -0.15) is 0 Å². The Balaban J connectivity index is 1.69. The molecule has 1 amide bonds. The molecule has 157 valence electrons. The summed E-state index contributed by atoms with van der Waals surface area (Å²) in [5.74, 6) is 0.680. The van der Waals surface area contributed by atoms with Crippen molar-refractivity contribution in [3.8, 4) is 11.5 Å². The second kappa shape index (κ2) is 9.57. The van der Waals surface area contributed by atoms with E-state index in [1.165, 1.54) is 12.7 Å². The van der Waals surface area contributed by atoms with Crippen LogP contribution < -0.4 is 14.8 Å². The summed E-state index contributed by atoms with van der Waals surface area (Å²) in [6, 6.07) is 13.1. The highest BCUT2D eigenvalue weighted by Gasteiger charge is 2.37. The molecule has 0 heterocycles. The lowest BCUT2D eigenvalue weighted by Gasteiger charge is -2.31. The SMILES string of the molecule is COc1ccc(C(=O)NC2([C]=O)CCC(=O)CC2)cc1OCCc1cccc(C)c1. The number of aryl methyl sites for hydroxylation is 1. The van der Waals surface area contributed by atoms with Crippen LogP contribution in [0.15, 0.2) is 42.5 Å². The molecule has 1 N–H and O–H groups in total. The first-order valence-electron chi connectivity index (χ1n) is 10.0. The molecular weight excluding hydrogens is 382 g/mol. The van der Waals surface area contributed by atoms with Crippen LogP contribution in [0.25, 0.3) is 0 Å². The topological polar surface area (TPSA) is 81.7 Å². The van der Waals surface area contributed by atoms with Crippen LogP contribution in [-0.2, 0) is 16.0 Å². The summed E-state index contributed by atoms with van der Waals surface area (Å²) in [6.45, 7) is 2.47. The van der Waals surface area contributed by atoms with Gasteiger partial charge in [0.15, 0.2) is 11.5 Å². The quantitative estimate of drug-likeness (QED) is 0.724. The third-order valence-electron chi connectivity index (χ3n) is 5.37. The van der Waals surface area contributed by atoms with E-state index in [1.54, 1.807) is 18.2 Å².